The summed E-state index contributed by atoms with van der Waals surface area (Å²) in [5, 5.41) is 9.76. The molecule has 0 radical (unpaired) electrons. The van der Waals surface area contributed by atoms with Crippen molar-refractivity contribution in [3.63, 3.8) is 0 Å². The number of nitrogens with one attached hydrogen (secondary N) is 1. The fraction of sp³-hybridized carbons (Fsp3) is 0.231. The number of H-pyrrole nitrogens is 1. The molecule has 3 rings (SSSR count). The van der Waals surface area contributed by atoms with Gasteiger partial charge in [-0.05, 0) is 18.2 Å². The first kappa shape index (κ1) is 11.7. The molecule has 0 saturated carbocycles. The summed E-state index contributed by atoms with van der Waals surface area (Å²) in [5.41, 5.74) is -0.817. The Hall–Kier alpha value is -2.36. The molecule has 0 saturated heterocycles. The summed E-state index contributed by atoms with van der Waals surface area (Å²) in [6, 6.07) is 1.66. The smallest absolute Gasteiger partial charge is 0.260 e. The fourth-order valence-electron chi connectivity index (χ4n) is 2.09. The second-order valence-corrected chi connectivity index (χ2v) is 4.25. The van der Waals surface area contributed by atoms with Gasteiger partial charge in [0.25, 0.3) is 5.56 Å². The molecule has 1 aliphatic rings. The molecule has 1 aliphatic heterocycles. The van der Waals surface area contributed by atoms with Gasteiger partial charge in [-0.15, -0.1) is 6.42 Å². The highest BCUT2D eigenvalue weighted by Crippen LogP contribution is 2.30. The molecule has 0 bridgehead atoms. The number of fused-ring (bicyclic) bond motifs is 1. The zero-order valence-electron chi connectivity index (χ0n) is 9.91. The Morgan fingerprint density at radius 3 is 3.21 bits per heavy atom. The summed E-state index contributed by atoms with van der Waals surface area (Å²) in [6.07, 6.45) is 11.3. The Bertz CT molecular complexity index is 752. The van der Waals surface area contributed by atoms with E-state index >= 15 is 0 Å². The number of hydrogen-bond donors (Lipinski definition) is 2. The Labute approximate surface area is 108 Å². The summed E-state index contributed by atoms with van der Waals surface area (Å²) >= 11 is 0. The SMILES string of the molecule is C#C[C@@]1(CO)C=C[C@H](n2ccc3c(=O)[nH]cnc32)O1. The van der Waals surface area contributed by atoms with E-state index in [1.54, 1.807) is 29.0 Å². The van der Waals surface area contributed by atoms with Crippen molar-refractivity contribution in [2.75, 3.05) is 6.61 Å². The number of terminal acetylenes is 1. The minimum absolute atomic E-state index is 0.212. The van der Waals surface area contributed by atoms with E-state index in [0.29, 0.717) is 11.0 Å². The second kappa shape index (κ2) is 4.09. The zero-order valence-corrected chi connectivity index (χ0v) is 9.91. The van der Waals surface area contributed by atoms with Crippen molar-refractivity contribution in [3.8, 4) is 12.3 Å². The molecule has 0 amide bonds. The maximum absolute atomic E-state index is 11.6. The van der Waals surface area contributed by atoms with Crippen LogP contribution >= 0.6 is 0 Å². The van der Waals surface area contributed by atoms with E-state index in [4.69, 9.17) is 11.2 Å². The molecule has 0 aromatic carbocycles. The standard InChI is InChI=1S/C13H11N3O3/c1-2-13(7-17)5-3-10(19-13)16-6-4-9-11(16)14-8-15-12(9)18/h1,3-6,8,10,17H,7H2,(H,14,15,18)/t10-,13+/m1/s1. The number of ether oxygens (including phenoxy) is 1. The maximum Gasteiger partial charge on any atom is 0.260 e. The summed E-state index contributed by atoms with van der Waals surface area (Å²) in [7, 11) is 0. The van der Waals surface area contributed by atoms with E-state index < -0.39 is 11.8 Å². The van der Waals surface area contributed by atoms with Crippen LogP contribution in [0.3, 0.4) is 0 Å². The molecule has 6 heteroatoms. The van der Waals surface area contributed by atoms with Crippen molar-refractivity contribution >= 4 is 11.0 Å². The van der Waals surface area contributed by atoms with Crippen molar-refractivity contribution in [1.29, 1.82) is 0 Å². The molecule has 6 nitrogen and oxygen atoms in total. The lowest BCUT2D eigenvalue weighted by Gasteiger charge is -2.21. The van der Waals surface area contributed by atoms with Crippen LogP contribution in [0.5, 0.6) is 0 Å². The largest absolute Gasteiger partial charge is 0.392 e. The number of aromatic amines is 1. The second-order valence-electron chi connectivity index (χ2n) is 4.25. The van der Waals surface area contributed by atoms with E-state index in [1.165, 1.54) is 6.33 Å². The topological polar surface area (TPSA) is 80.1 Å². The van der Waals surface area contributed by atoms with Crippen LogP contribution in [0.1, 0.15) is 6.23 Å². The maximum atomic E-state index is 11.6. The van der Waals surface area contributed by atoms with Gasteiger partial charge >= 0.3 is 0 Å². The van der Waals surface area contributed by atoms with Crippen molar-refractivity contribution in [3.05, 3.63) is 41.1 Å². The molecule has 0 spiro atoms. The van der Waals surface area contributed by atoms with Crippen LogP contribution in [0.15, 0.2) is 35.5 Å². The van der Waals surface area contributed by atoms with Crippen LogP contribution in [0.2, 0.25) is 0 Å². The highest BCUT2D eigenvalue weighted by molar-refractivity contribution is 5.74. The van der Waals surface area contributed by atoms with Gasteiger partial charge in [0.15, 0.2) is 11.8 Å². The Balaban J connectivity index is 2.05. The molecule has 2 N–H and O–H groups in total. The van der Waals surface area contributed by atoms with Crippen LogP contribution in [0.4, 0.5) is 0 Å². The van der Waals surface area contributed by atoms with Crippen molar-refractivity contribution in [1.82, 2.24) is 14.5 Å². The van der Waals surface area contributed by atoms with Gasteiger partial charge in [0, 0.05) is 6.20 Å². The predicted octanol–water partition coefficient (Wildman–Crippen LogP) is 0.174. The summed E-state index contributed by atoms with van der Waals surface area (Å²) in [6.45, 7) is -0.302. The molecule has 2 atom stereocenters. The lowest BCUT2D eigenvalue weighted by atomic mass is 10.1. The number of nitrogens with zero attached hydrogens (tertiary/aromatic N) is 2. The summed E-state index contributed by atoms with van der Waals surface area (Å²) in [5.74, 6) is 2.42. The molecule has 96 valence electrons. The van der Waals surface area contributed by atoms with Crippen LogP contribution in [-0.2, 0) is 4.74 Å². The lowest BCUT2D eigenvalue weighted by molar-refractivity contribution is -0.0468. The normalized spacial score (nSPS) is 25.8. The van der Waals surface area contributed by atoms with Gasteiger partial charge in [-0.25, -0.2) is 4.98 Å². The zero-order chi connectivity index (χ0) is 13.5. The lowest BCUT2D eigenvalue weighted by Crippen LogP contribution is -2.31. The van der Waals surface area contributed by atoms with Crippen LogP contribution in [0.25, 0.3) is 11.0 Å². The van der Waals surface area contributed by atoms with Crippen molar-refractivity contribution in [2.24, 2.45) is 0 Å². The van der Waals surface area contributed by atoms with Gasteiger partial charge < -0.3 is 19.4 Å². The van der Waals surface area contributed by atoms with Crippen LogP contribution < -0.4 is 5.56 Å². The van der Waals surface area contributed by atoms with Crippen LogP contribution in [0, 0.1) is 12.3 Å². The molecule has 2 aromatic rings. The quantitative estimate of drug-likeness (QED) is 0.594. The van der Waals surface area contributed by atoms with Crippen LogP contribution in [-0.4, -0.2) is 31.8 Å². The molecular formula is C13H11N3O3. The van der Waals surface area contributed by atoms with Gasteiger partial charge in [0.1, 0.15) is 5.65 Å². The molecule has 3 heterocycles. The third-order valence-electron chi connectivity index (χ3n) is 3.13. The van der Waals surface area contributed by atoms with E-state index in [9.17, 15) is 9.90 Å². The van der Waals surface area contributed by atoms with E-state index in [0.717, 1.165) is 0 Å². The Kier molecular flexibility index (Phi) is 2.52. The van der Waals surface area contributed by atoms with Gasteiger partial charge in [0.2, 0.25) is 0 Å². The predicted molar refractivity (Wildman–Crippen MR) is 68.3 cm³/mol. The first-order chi connectivity index (χ1) is 9.19. The summed E-state index contributed by atoms with van der Waals surface area (Å²) in [4.78, 5) is 18.2. The van der Waals surface area contributed by atoms with Crippen molar-refractivity contribution in [2.45, 2.75) is 11.8 Å². The number of hydrogen-bond acceptors (Lipinski definition) is 4. The first-order valence-electron chi connectivity index (χ1n) is 5.69. The van der Waals surface area contributed by atoms with Gasteiger partial charge in [0.05, 0.1) is 18.3 Å². The Morgan fingerprint density at radius 1 is 1.68 bits per heavy atom. The van der Waals surface area contributed by atoms with Gasteiger partial charge in [-0.3, -0.25) is 4.79 Å². The van der Waals surface area contributed by atoms with Gasteiger partial charge in [-0.1, -0.05) is 5.92 Å². The van der Waals surface area contributed by atoms with E-state index in [-0.39, 0.29) is 12.2 Å². The molecule has 0 fully saturated rings. The van der Waals surface area contributed by atoms with Gasteiger partial charge in [-0.2, -0.15) is 0 Å². The molecule has 0 aliphatic carbocycles. The van der Waals surface area contributed by atoms with Crippen molar-refractivity contribution < 1.29 is 9.84 Å². The van der Waals surface area contributed by atoms with E-state index in [1.807, 2.05) is 0 Å². The average molecular weight is 257 g/mol. The third-order valence-corrected chi connectivity index (χ3v) is 3.13. The van der Waals surface area contributed by atoms with E-state index in [2.05, 4.69) is 15.9 Å². The number of rotatable bonds is 2. The third kappa shape index (κ3) is 1.68. The fourth-order valence-corrected chi connectivity index (χ4v) is 2.09. The minimum atomic E-state index is -1.11. The molecule has 19 heavy (non-hydrogen) atoms. The highest BCUT2D eigenvalue weighted by Gasteiger charge is 2.34. The number of aliphatic hydroxyl groups is 1. The monoisotopic (exact) mass is 257 g/mol. The molecule has 2 aromatic heterocycles. The average Bonchev–Trinajstić information content (AvgIpc) is 3.03. The highest BCUT2D eigenvalue weighted by atomic mass is 16.5. The Morgan fingerprint density at radius 2 is 2.53 bits per heavy atom. The number of aliphatic hydroxyl groups excluding tert-OH is 1. The number of aromatic nitrogens is 3. The molecular weight excluding hydrogens is 246 g/mol. The summed E-state index contributed by atoms with van der Waals surface area (Å²) < 4.78 is 7.34. The minimum Gasteiger partial charge on any atom is -0.392 e. The first-order valence-corrected chi connectivity index (χ1v) is 5.69. The molecule has 0 unspecified atom stereocenters.